The minimum absolute atomic E-state index is 0.239. The standard InChI is InChI=1S/C15H20ClNO/c1-15(2)13(11-7-8-18-14(11)15)17-9-10-5-3-4-6-12(10)16/h3-6,11,13-14,17H,7-9H2,1-2H3. The third kappa shape index (κ3) is 1.87. The summed E-state index contributed by atoms with van der Waals surface area (Å²) in [5.74, 6) is 0.683. The molecule has 2 nitrogen and oxygen atoms in total. The van der Waals surface area contributed by atoms with Gasteiger partial charge in [-0.15, -0.1) is 0 Å². The second-order valence-electron chi connectivity index (χ2n) is 6.02. The molecule has 1 aromatic carbocycles. The van der Waals surface area contributed by atoms with E-state index in [9.17, 15) is 0 Å². The molecular formula is C15H20ClNO. The maximum atomic E-state index is 6.19. The zero-order valence-electron chi connectivity index (χ0n) is 10.9. The van der Waals surface area contributed by atoms with E-state index in [0.717, 1.165) is 18.2 Å². The number of halogens is 1. The van der Waals surface area contributed by atoms with Crippen molar-refractivity contribution in [1.82, 2.24) is 5.32 Å². The Morgan fingerprint density at radius 2 is 2.17 bits per heavy atom. The molecule has 1 aliphatic carbocycles. The average Bonchev–Trinajstić information content (AvgIpc) is 2.78. The Morgan fingerprint density at radius 3 is 2.94 bits per heavy atom. The van der Waals surface area contributed by atoms with Crippen LogP contribution < -0.4 is 5.32 Å². The van der Waals surface area contributed by atoms with Gasteiger partial charge in [0.2, 0.25) is 0 Å². The SMILES string of the molecule is CC1(C)C(NCc2ccccc2Cl)C2CCOC21. The first-order chi connectivity index (χ1) is 8.60. The van der Waals surface area contributed by atoms with Crippen molar-refractivity contribution >= 4 is 11.6 Å². The molecule has 3 rings (SSSR count). The van der Waals surface area contributed by atoms with Crippen LogP contribution in [0.1, 0.15) is 25.8 Å². The third-order valence-electron chi connectivity index (χ3n) is 4.57. The van der Waals surface area contributed by atoms with E-state index in [4.69, 9.17) is 16.3 Å². The Bertz CT molecular complexity index is 446. The Hall–Kier alpha value is -0.570. The summed E-state index contributed by atoms with van der Waals surface area (Å²) in [6.45, 7) is 6.35. The molecule has 0 aromatic heterocycles. The van der Waals surface area contributed by atoms with Gasteiger partial charge in [0.15, 0.2) is 0 Å². The highest BCUT2D eigenvalue weighted by Gasteiger charge is 2.58. The minimum atomic E-state index is 0.239. The number of nitrogens with one attached hydrogen (secondary N) is 1. The van der Waals surface area contributed by atoms with Crippen LogP contribution in [0.25, 0.3) is 0 Å². The van der Waals surface area contributed by atoms with Gasteiger partial charge < -0.3 is 10.1 Å². The molecule has 1 aromatic rings. The zero-order chi connectivity index (χ0) is 12.8. The van der Waals surface area contributed by atoms with Crippen molar-refractivity contribution in [3.8, 4) is 0 Å². The van der Waals surface area contributed by atoms with Crippen LogP contribution in [0.3, 0.4) is 0 Å². The maximum Gasteiger partial charge on any atom is 0.0685 e. The second-order valence-corrected chi connectivity index (χ2v) is 6.42. The van der Waals surface area contributed by atoms with Crippen molar-refractivity contribution in [3.63, 3.8) is 0 Å². The average molecular weight is 266 g/mol. The lowest BCUT2D eigenvalue weighted by Crippen LogP contribution is -2.65. The summed E-state index contributed by atoms with van der Waals surface area (Å²) in [4.78, 5) is 0. The maximum absolute atomic E-state index is 6.19. The van der Waals surface area contributed by atoms with Crippen molar-refractivity contribution in [3.05, 3.63) is 34.9 Å². The summed E-state index contributed by atoms with van der Waals surface area (Å²) in [7, 11) is 0. The van der Waals surface area contributed by atoms with E-state index in [1.165, 1.54) is 12.0 Å². The van der Waals surface area contributed by atoms with Gasteiger partial charge in [-0.1, -0.05) is 43.6 Å². The van der Waals surface area contributed by atoms with Gasteiger partial charge in [-0.25, -0.2) is 0 Å². The van der Waals surface area contributed by atoms with Crippen LogP contribution in [-0.4, -0.2) is 18.8 Å². The zero-order valence-corrected chi connectivity index (χ0v) is 11.7. The van der Waals surface area contributed by atoms with Crippen LogP contribution >= 0.6 is 11.6 Å². The number of hydrogen-bond donors (Lipinski definition) is 1. The molecule has 2 aliphatic rings. The van der Waals surface area contributed by atoms with Gasteiger partial charge in [-0.05, 0) is 18.1 Å². The summed E-state index contributed by atoms with van der Waals surface area (Å²) in [5.41, 5.74) is 1.42. The molecule has 18 heavy (non-hydrogen) atoms. The van der Waals surface area contributed by atoms with Gasteiger partial charge in [0.1, 0.15) is 0 Å². The Morgan fingerprint density at radius 1 is 1.39 bits per heavy atom. The topological polar surface area (TPSA) is 21.3 Å². The van der Waals surface area contributed by atoms with Crippen molar-refractivity contribution in [2.45, 2.75) is 39.0 Å². The Balaban J connectivity index is 1.66. The van der Waals surface area contributed by atoms with Crippen LogP contribution in [0.5, 0.6) is 0 Å². The van der Waals surface area contributed by atoms with E-state index >= 15 is 0 Å². The number of hydrogen-bond acceptors (Lipinski definition) is 2. The summed E-state index contributed by atoms with van der Waals surface area (Å²) in [6, 6.07) is 8.59. The quantitative estimate of drug-likeness (QED) is 0.906. The molecule has 1 aliphatic heterocycles. The molecule has 0 amide bonds. The van der Waals surface area contributed by atoms with Crippen molar-refractivity contribution in [2.75, 3.05) is 6.61 Å². The first kappa shape index (κ1) is 12.5. The van der Waals surface area contributed by atoms with Crippen LogP contribution in [0, 0.1) is 11.3 Å². The third-order valence-corrected chi connectivity index (χ3v) is 4.94. The molecule has 3 atom stereocenters. The van der Waals surface area contributed by atoms with E-state index in [2.05, 4.69) is 25.2 Å². The molecule has 0 spiro atoms. The molecule has 2 fully saturated rings. The van der Waals surface area contributed by atoms with Gasteiger partial charge in [-0.3, -0.25) is 0 Å². The van der Waals surface area contributed by atoms with Gasteiger partial charge in [-0.2, -0.15) is 0 Å². The largest absolute Gasteiger partial charge is 0.377 e. The van der Waals surface area contributed by atoms with Crippen molar-refractivity contribution in [1.29, 1.82) is 0 Å². The Kier molecular flexibility index (Phi) is 3.13. The lowest BCUT2D eigenvalue weighted by atomic mass is 9.57. The number of fused-ring (bicyclic) bond motifs is 1. The highest BCUT2D eigenvalue weighted by molar-refractivity contribution is 6.31. The number of ether oxygens (including phenoxy) is 1. The van der Waals surface area contributed by atoms with E-state index in [1.54, 1.807) is 0 Å². The van der Waals surface area contributed by atoms with Gasteiger partial charge in [0, 0.05) is 35.5 Å². The van der Waals surface area contributed by atoms with Crippen molar-refractivity contribution < 1.29 is 4.74 Å². The molecule has 1 saturated carbocycles. The summed E-state index contributed by atoms with van der Waals surface area (Å²) in [5, 5.41) is 4.52. The van der Waals surface area contributed by atoms with Gasteiger partial charge in [0.25, 0.3) is 0 Å². The predicted octanol–water partition coefficient (Wildman–Crippen LogP) is 3.24. The van der Waals surface area contributed by atoms with Crippen LogP contribution in [0.4, 0.5) is 0 Å². The minimum Gasteiger partial charge on any atom is -0.377 e. The summed E-state index contributed by atoms with van der Waals surface area (Å²) in [6.07, 6.45) is 1.63. The second kappa shape index (κ2) is 4.52. The summed E-state index contributed by atoms with van der Waals surface area (Å²) >= 11 is 6.19. The lowest BCUT2D eigenvalue weighted by Gasteiger charge is -2.55. The number of benzene rings is 1. The van der Waals surface area contributed by atoms with Crippen molar-refractivity contribution in [2.24, 2.45) is 11.3 Å². The predicted molar refractivity (Wildman–Crippen MR) is 73.7 cm³/mol. The molecule has 3 heteroatoms. The fraction of sp³-hybridized carbons (Fsp3) is 0.600. The fourth-order valence-corrected chi connectivity index (χ4v) is 3.80. The molecule has 0 radical (unpaired) electrons. The summed E-state index contributed by atoms with van der Waals surface area (Å²) < 4.78 is 5.81. The van der Waals surface area contributed by atoms with Crippen LogP contribution in [-0.2, 0) is 11.3 Å². The molecule has 0 bridgehead atoms. The van der Waals surface area contributed by atoms with E-state index in [-0.39, 0.29) is 5.41 Å². The molecule has 1 N–H and O–H groups in total. The molecule has 1 saturated heterocycles. The van der Waals surface area contributed by atoms with E-state index < -0.39 is 0 Å². The van der Waals surface area contributed by atoms with E-state index in [0.29, 0.717) is 18.1 Å². The van der Waals surface area contributed by atoms with E-state index in [1.807, 2.05) is 18.2 Å². The highest BCUT2D eigenvalue weighted by atomic mass is 35.5. The lowest BCUT2D eigenvalue weighted by molar-refractivity contribution is -0.113. The smallest absolute Gasteiger partial charge is 0.0685 e. The monoisotopic (exact) mass is 265 g/mol. The molecule has 1 heterocycles. The first-order valence-electron chi connectivity index (χ1n) is 6.69. The first-order valence-corrected chi connectivity index (χ1v) is 7.07. The van der Waals surface area contributed by atoms with Crippen LogP contribution in [0.2, 0.25) is 5.02 Å². The molecular weight excluding hydrogens is 246 g/mol. The van der Waals surface area contributed by atoms with Gasteiger partial charge >= 0.3 is 0 Å². The number of rotatable bonds is 3. The Labute approximate surface area is 114 Å². The molecule has 98 valence electrons. The normalized spacial score (nSPS) is 32.9. The van der Waals surface area contributed by atoms with Gasteiger partial charge in [0.05, 0.1) is 6.10 Å². The fourth-order valence-electron chi connectivity index (χ4n) is 3.60. The highest BCUT2D eigenvalue weighted by Crippen LogP contribution is 2.52. The molecule has 3 unspecified atom stereocenters. The van der Waals surface area contributed by atoms with Crippen LogP contribution in [0.15, 0.2) is 24.3 Å².